The first-order valence-electron chi connectivity index (χ1n) is 11.8. The molecule has 0 radical (unpaired) electrons. The van der Waals surface area contributed by atoms with Crippen molar-refractivity contribution in [1.29, 1.82) is 0 Å². The monoisotopic (exact) mass is 526 g/mol. The molecule has 1 aromatic heterocycles. The second kappa shape index (κ2) is 11.7. The summed E-state index contributed by atoms with van der Waals surface area (Å²) in [7, 11) is 0. The zero-order chi connectivity index (χ0) is 25.7. The van der Waals surface area contributed by atoms with Gasteiger partial charge in [-0.25, -0.2) is 0 Å². The van der Waals surface area contributed by atoms with Crippen LogP contribution >= 0.6 is 23.2 Å². The fourth-order valence-corrected chi connectivity index (χ4v) is 4.39. The summed E-state index contributed by atoms with van der Waals surface area (Å²) >= 11 is 12.2. The number of carbonyl (C=O) groups is 2. The number of hydrogen-bond donors (Lipinski definition) is 2. The molecule has 7 nitrogen and oxygen atoms in total. The molecule has 2 amide bonds. The Morgan fingerprint density at radius 2 is 1.92 bits per heavy atom. The molecule has 0 spiro atoms. The van der Waals surface area contributed by atoms with Crippen LogP contribution in [0.15, 0.2) is 60.9 Å². The van der Waals surface area contributed by atoms with Gasteiger partial charge in [0.05, 0.1) is 21.2 Å². The van der Waals surface area contributed by atoms with Crippen LogP contribution in [0.4, 0.5) is 5.69 Å². The number of halogens is 2. The Morgan fingerprint density at radius 1 is 1.14 bits per heavy atom. The van der Waals surface area contributed by atoms with Crippen molar-refractivity contribution in [2.45, 2.75) is 39.0 Å². The Hall–Kier alpha value is -3.13. The van der Waals surface area contributed by atoms with Gasteiger partial charge >= 0.3 is 0 Å². The van der Waals surface area contributed by atoms with Crippen LogP contribution in [0.5, 0.6) is 5.75 Å². The van der Waals surface area contributed by atoms with Crippen molar-refractivity contribution in [3.63, 3.8) is 0 Å². The van der Waals surface area contributed by atoms with Crippen molar-refractivity contribution in [1.82, 2.24) is 15.2 Å². The summed E-state index contributed by atoms with van der Waals surface area (Å²) in [5, 5.41) is 7.28. The van der Waals surface area contributed by atoms with Gasteiger partial charge in [0, 0.05) is 50.2 Å². The Morgan fingerprint density at radius 3 is 2.64 bits per heavy atom. The topological polar surface area (TPSA) is 83.6 Å². The number of nitrogens with zero attached hydrogens (tertiary/aromatic N) is 2. The molecule has 1 unspecified atom stereocenters. The van der Waals surface area contributed by atoms with Crippen LogP contribution in [0, 0.1) is 0 Å². The van der Waals surface area contributed by atoms with Gasteiger partial charge in [0.25, 0.3) is 11.8 Å². The van der Waals surface area contributed by atoms with Crippen molar-refractivity contribution >= 4 is 40.7 Å². The van der Waals surface area contributed by atoms with Crippen molar-refractivity contribution < 1.29 is 14.3 Å². The molecule has 9 heteroatoms. The maximum atomic E-state index is 13.4. The molecule has 0 fully saturated rings. The van der Waals surface area contributed by atoms with Gasteiger partial charge in [-0.2, -0.15) is 0 Å². The minimum absolute atomic E-state index is 0.00238. The van der Waals surface area contributed by atoms with Crippen LogP contribution < -0.4 is 15.4 Å². The standard InChI is InChI=1S/C27H28Cl2N4O3/c1-17(2)33-13-10-20(16-31-15-18-6-7-23(28)24(29)14-18)36-25-21(4-3-5-22(25)27(33)35)26(34)32-19-8-11-30-12-9-19/h3-9,11-12,14,17,20,31H,10,13,15-16H2,1-2H3,(H,30,32,34). The third-order valence-corrected chi connectivity index (χ3v) is 6.71. The molecule has 0 saturated heterocycles. The number of para-hydroxylation sites is 1. The lowest BCUT2D eigenvalue weighted by Crippen LogP contribution is -2.44. The van der Waals surface area contributed by atoms with Crippen LogP contribution in [0.25, 0.3) is 0 Å². The van der Waals surface area contributed by atoms with Crippen molar-refractivity contribution in [2.75, 3.05) is 18.4 Å². The maximum Gasteiger partial charge on any atom is 0.259 e. The van der Waals surface area contributed by atoms with Crippen molar-refractivity contribution in [3.05, 3.63) is 87.7 Å². The zero-order valence-electron chi connectivity index (χ0n) is 20.1. The fraction of sp³-hybridized carbons (Fsp3) is 0.296. The lowest BCUT2D eigenvalue weighted by Gasteiger charge is -2.33. The highest BCUT2D eigenvalue weighted by Gasteiger charge is 2.30. The second-order valence-electron chi connectivity index (χ2n) is 8.87. The second-order valence-corrected chi connectivity index (χ2v) is 9.69. The first-order valence-corrected chi connectivity index (χ1v) is 12.6. The van der Waals surface area contributed by atoms with E-state index in [0.717, 1.165) is 5.56 Å². The first-order chi connectivity index (χ1) is 17.3. The molecule has 36 heavy (non-hydrogen) atoms. The van der Waals surface area contributed by atoms with Crippen molar-refractivity contribution in [3.8, 4) is 5.75 Å². The highest BCUT2D eigenvalue weighted by atomic mass is 35.5. The van der Waals surface area contributed by atoms with Gasteiger partial charge in [-0.1, -0.05) is 35.3 Å². The number of carbonyl (C=O) groups excluding carboxylic acids is 2. The Kier molecular flexibility index (Phi) is 8.46. The highest BCUT2D eigenvalue weighted by molar-refractivity contribution is 6.42. The van der Waals surface area contributed by atoms with Crippen LogP contribution in [0.3, 0.4) is 0 Å². The number of benzene rings is 2. The average Bonchev–Trinajstić information content (AvgIpc) is 2.85. The van der Waals surface area contributed by atoms with Gasteiger partial charge in [0.2, 0.25) is 0 Å². The van der Waals surface area contributed by atoms with Gasteiger partial charge in [-0.15, -0.1) is 0 Å². The van der Waals surface area contributed by atoms with Gasteiger partial charge in [-0.05, 0) is 55.8 Å². The number of aromatic nitrogens is 1. The SMILES string of the molecule is CC(C)N1CCC(CNCc2ccc(Cl)c(Cl)c2)Oc2c(C(=O)Nc3ccncc3)cccc2C1=O. The van der Waals surface area contributed by atoms with E-state index in [0.29, 0.717) is 58.7 Å². The van der Waals surface area contributed by atoms with Gasteiger partial charge in [-0.3, -0.25) is 14.6 Å². The molecule has 2 N–H and O–H groups in total. The van der Waals surface area contributed by atoms with Crippen LogP contribution in [-0.2, 0) is 6.54 Å². The largest absolute Gasteiger partial charge is 0.487 e. The summed E-state index contributed by atoms with van der Waals surface area (Å²) in [5.74, 6) is -0.216. The number of nitrogens with one attached hydrogen (secondary N) is 2. The Labute approximate surface area is 220 Å². The third-order valence-electron chi connectivity index (χ3n) is 5.97. The predicted molar refractivity (Wildman–Crippen MR) is 142 cm³/mol. The van der Waals surface area contributed by atoms with E-state index in [2.05, 4.69) is 15.6 Å². The molecule has 2 heterocycles. The molecular formula is C27H28Cl2N4O3. The van der Waals surface area contributed by atoms with E-state index in [-0.39, 0.29) is 24.0 Å². The van der Waals surface area contributed by atoms with Gasteiger partial charge in [0.1, 0.15) is 11.9 Å². The van der Waals surface area contributed by atoms with E-state index in [1.807, 2.05) is 30.9 Å². The quantitative estimate of drug-likeness (QED) is 0.428. The Bertz CT molecular complexity index is 1240. The predicted octanol–water partition coefficient (Wildman–Crippen LogP) is 5.43. The highest BCUT2D eigenvalue weighted by Crippen LogP contribution is 2.30. The minimum atomic E-state index is -0.356. The molecule has 0 aliphatic carbocycles. The minimum Gasteiger partial charge on any atom is -0.487 e. The van der Waals surface area contributed by atoms with E-state index >= 15 is 0 Å². The molecule has 1 atom stereocenters. The lowest BCUT2D eigenvalue weighted by atomic mass is 10.0. The smallest absolute Gasteiger partial charge is 0.259 e. The van der Waals surface area contributed by atoms with E-state index < -0.39 is 0 Å². The summed E-state index contributed by atoms with van der Waals surface area (Å²) in [6, 6.07) is 14.0. The van der Waals surface area contributed by atoms with Crippen LogP contribution in [-0.4, -0.2) is 46.9 Å². The number of fused-ring (bicyclic) bond motifs is 1. The van der Waals surface area contributed by atoms with Gasteiger partial charge < -0.3 is 20.3 Å². The number of amides is 2. The molecule has 1 aliphatic rings. The molecule has 4 rings (SSSR count). The molecule has 3 aromatic rings. The summed E-state index contributed by atoms with van der Waals surface area (Å²) in [5.41, 5.74) is 2.28. The molecule has 1 aliphatic heterocycles. The average molecular weight is 527 g/mol. The van der Waals surface area contributed by atoms with Gasteiger partial charge in [0.15, 0.2) is 0 Å². The first kappa shape index (κ1) is 25.9. The van der Waals surface area contributed by atoms with Crippen molar-refractivity contribution in [2.24, 2.45) is 0 Å². The van der Waals surface area contributed by atoms with Crippen LogP contribution in [0.2, 0.25) is 10.0 Å². The lowest BCUT2D eigenvalue weighted by molar-refractivity contribution is 0.0626. The van der Waals surface area contributed by atoms with E-state index in [1.54, 1.807) is 48.8 Å². The van der Waals surface area contributed by atoms with E-state index in [9.17, 15) is 9.59 Å². The molecule has 0 bridgehead atoms. The van der Waals surface area contributed by atoms with E-state index in [1.165, 1.54) is 0 Å². The molecule has 0 saturated carbocycles. The number of ether oxygens (including phenoxy) is 1. The van der Waals surface area contributed by atoms with Crippen LogP contribution in [0.1, 0.15) is 46.5 Å². The molecule has 2 aromatic carbocycles. The number of hydrogen-bond acceptors (Lipinski definition) is 5. The molecular weight excluding hydrogens is 499 g/mol. The number of rotatable bonds is 7. The maximum absolute atomic E-state index is 13.4. The molecule has 188 valence electrons. The third kappa shape index (κ3) is 6.16. The zero-order valence-corrected chi connectivity index (χ0v) is 21.6. The van der Waals surface area contributed by atoms with E-state index in [4.69, 9.17) is 27.9 Å². The Balaban J connectivity index is 1.58. The number of pyridine rings is 1. The fourth-order valence-electron chi connectivity index (χ4n) is 4.07. The summed E-state index contributed by atoms with van der Waals surface area (Å²) < 4.78 is 6.38. The number of anilines is 1. The summed E-state index contributed by atoms with van der Waals surface area (Å²) in [6.45, 7) is 5.60. The summed E-state index contributed by atoms with van der Waals surface area (Å²) in [4.78, 5) is 32.4. The summed E-state index contributed by atoms with van der Waals surface area (Å²) in [6.07, 6.45) is 3.54. The normalized spacial score (nSPS) is 15.6.